The molecule has 7 heteroatoms. The minimum Gasteiger partial charge on any atom is -0.369 e. The van der Waals surface area contributed by atoms with E-state index in [1.54, 1.807) is 23.1 Å². The lowest BCUT2D eigenvalue weighted by atomic mass is 10.1. The van der Waals surface area contributed by atoms with E-state index in [4.69, 9.17) is 11.6 Å². The van der Waals surface area contributed by atoms with Gasteiger partial charge in [0.2, 0.25) is 5.78 Å². The minimum atomic E-state index is -0.0954. The summed E-state index contributed by atoms with van der Waals surface area (Å²) >= 11 is 6.10. The number of piperazine rings is 1. The number of carbonyl (C=O) groups excluding carboxylic acids is 1. The first-order chi connectivity index (χ1) is 13.7. The molecular formula is C21H22ClN5O. The van der Waals surface area contributed by atoms with E-state index >= 15 is 0 Å². The summed E-state index contributed by atoms with van der Waals surface area (Å²) in [6.45, 7) is 5.40. The lowest BCUT2D eigenvalue weighted by Gasteiger charge is -2.36. The Morgan fingerprint density at radius 3 is 2.50 bits per heavy atom. The number of hydrogen-bond donors (Lipinski definition) is 0. The van der Waals surface area contributed by atoms with Gasteiger partial charge in [0.1, 0.15) is 0 Å². The monoisotopic (exact) mass is 395 g/mol. The Labute approximate surface area is 169 Å². The highest BCUT2D eigenvalue weighted by atomic mass is 35.5. The van der Waals surface area contributed by atoms with Crippen molar-refractivity contribution < 1.29 is 4.79 Å². The Bertz CT molecular complexity index is 935. The highest BCUT2D eigenvalue weighted by molar-refractivity contribution is 6.30. The first kappa shape index (κ1) is 18.7. The van der Waals surface area contributed by atoms with Crippen LogP contribution in [0.4, 0.5) is 5.69 Å². The van der Waals surface area contributed by atoms with Gasteiger partial charge in [-0.1, -0.05) is 48.0 Å². The smallest absolute Gasteiger partial charge is 0.214 e. The SMILES string of the molecule is O=C(c1ccccc1)c1cnn(CCN2CCN(c3cccc(Cl)c3)CC2)n1. The summed E-state index contributed by atoms with van der Waals surface area (Å²) < 4.78 is 0. The maximum Gasteiger partial charge on any atom is 0.214 e. The summed E-state index contributed by atoms with van der Waals surface area (Å²) in [5.41, 5.74) is 2.19. The Kier molecular flexibility index (Phi) is 5.69. The van der Waals surface area contributed by atoms with Crippen molar-refractivity contribution in [1.29, 1.82) is 0 Å². The van der Waals surface area contributed by atoms with Crippen molar-refractivity contribution in [2.75, 3.05) is 37.6 Å². The van der Waals surface area contributed by atoms with Crippen LogP contribution in [-0.4, -0.2) is 58.4 Å². The number of nitrogens with zero attached hydrogens (tertiary/aromatic N) is 5. The van der Waals surface area contributed by atoms with Gasteiger partial charge in [-0.2, -0.15) is 9.90 Å². The lowest BCUT2D eigenvalue weighted by molar-refractivity contribution is 0.103. The van der Waals surface area contributed by atoms with Gasteiger partial charge in [-0.15, -0.1) is 5.10 Å². The quantitative estimate of drug-likeness (QED) is 0.600. The highest BCUT2D eigenvalue weighted by Gasteiger charge is 2.18. The van der Waals surface area contributed by atoms with E-state index in [0.29, 0.717) is 17.8 Å². The average molecular weight is 396 g/mol. The fourth-order valence-electron chi connectivity index (χ4n) is 3.38. The second kappa shape index (κ2) is 8.54. The molecule has 144 valence electrons. The minimum absolute atomic E-state index is 0.0954. The molecule has 0 aliphatic carbocycles. The summed E-state index contributed by atoms with van der Waals surface area (Å²) in [6, 6.07) is 17.2. The van der Waals surface area contributed by atoms with E-state index in [2.05, 4.69) is 26.1 Å². The molecule has 0 unspecified atom stereocenters. The number of benzene rings is 2. The molecule has 28 heavy (non-hydrogen) atoms. The number of rotatable bonds is 6. The van der Waals surface area contributed by atoms with Gasteiger partial charge in [-0.25, -0.2) is 0 Å². The third-order valence-corrected chi connectivity index (χ3v) is 5.20. The first-order valence-corrected chi connectivity index (χ1v) is 9.79. The number of anilines is 1. The van der Waals surface area contributed by atoms with Crippen LogP contribution in [0.3, 0.4) is 0 Å². The van der Waals surface area contributed by atoms with E-state index in [-0.39, 0.29) is 5.78 Å². The standard InChI is InChI=1S/C21H22ClN5O/c22-18-7-4-8-19(15-18)26-12-9-25(10-13-26)11-14-27-23-16-20(24-27)21(28)17-5-2-1-3-6-17/h1-8,15-16H,9-14H2. The molecule has 0 atom stereocenters. The van der Waals surface area contributed by atoms with Gasteiger partial charge in [-0.3, -0.25) is 9.69 Å². The fraction of sp³-hybridized carbons (Fsp3) is 0.286. The van der Waals surface area contributed by atoms with E-state index in [0.717, 1.165) is 37.7 Å². The van der Waals surface area contributed by atoms with E-state index < -0.39 is 0 Å². The van der Waals surface area contributed by atoms with Crippen LogP contribution in [0, 0.1) is 0 Å². The van der Waals surface area contributed by atoms with Gasteiger partial charge in [0.05, 0.1) is 12.7 Å². The van der Waals surface area contributed by atoms with Crippen LogP contribution in [0.5, 0.6) is 0 Å². The maximum atomic E-state index is 12.4. The molecule has 0 N–H and O–H groups in total. The van der Waals surface area contributed by atoms with E-state index in [9.17, 15) is 4.79 Å². The van der Waals surface area contributed by atoms with Crippen molar-refractivity contribution in [3.63, 3.8) is 0 Å². The molecule has 0 saturated carbocycles. The van der Waals surface area contributed by atoms with Crippen LogP contribution in [0.25, 0.3) is 0 Å². The Morgan fingerprint density at radius 2 is 1.75 bits per heavy atom. The molecule has 0 amide bonds. The zero-order chi connectivity index (χ0) is 19.3. The fourth-order valence-corrected chi connectivity index (χ4v) is 3.56. The van der Waals surface area contributed by atoms with Crippen molar-refractivity contribution in [2.45, 2.75) is 6.54 Å². The zero-order valence-corrected chi connectivity index (χ0v) is 16.3. The number of aromatic nitrogens is 3. The molecule has 0 radical (unpaired) electrons. The Hall–Kier alpha value is -2.70. The Balaban J connectivity index is 1.28. The molecule has 2 aromatic carbocycles. The third-order valence-electron chi connectivity index (χ3n) is 4.97. The van der Waals surface area contributed by atoms with Crippen LogP contribution in [0.1, 0.15) is 16.1 Å². The molecule has 1 aliphatic rings. The summed E-state index contributed by atoms with van der Waals surface area (Å²) in [5.74, 6) is -0.0954. The zero-order valence-electron chi connectivity index (χ0n) is 15.5. The number of ketones is 1. The van der Waals surface area contributed by atoms with Crippen LogP contribution in [-0.2, 0) is 6.54 Å². The van der Waals surface area contributed by atoms with Crippen molar-refractivity contribution in [2.24, 2.45) is 0 Å². The number of halogens is 1. The average Bonchev–Trinajstić information content (AvgIpc) is 3.22. The van der Waals surface area contributed by atoms with E-state index in [1.165, 1.54) is 5.69 Å². The number of hydrogen-bond acceptors (Lipinski definition) is 5. The molecular weight excluding hydrogens is 374 g/mol. The summed E-state index contributed by atoms with van der Waals surface area (Å²) in [7, 11) is 0. The molecule has 6 nitrogen and oxygen atoms in total. The molecule has 1 aliphatic heterocycles. The van der Waals surface area contributed by atoms with Crippen molar-refractivity contribution in [1.82, 2.24) is 19.9 Å². The van der Waals surface area contributed by atoms with E-state index in [1.807, 2.05) is 36.4 Å². The second-order valence-electron chi connectivity index (χ2n) is 6.83. The number of carbonyl (C=O) groups is 1. The van der Waals surface area contributed by atoms with Crippen molar-refractivity contribution in [3.8, 4) is 0 Å². The normalized spacial score (nSPS) is 15.0. The first-order valence-electron chi connectivity index (χ1n) is 9.42. The van der Waals surface area contributed by atoms with Crippen LogP contribution in [0.2, 0.25) is 5.02 Å². The van der Waals surface area contributed by atoms with Crippen molar-refractivity contribution >= 4 is 23.1 Å². The van der Waals surface area contributed by atoms with Gasteiger partial charge >= 0.3 is 0 Å². The van der Waals surface area contributed by atoms with Gasteiger partial charge in [0, 0.05) is 49.0 Å². The molecule has 2 heterocycles. The van der Waals surface area contributed by atoms with Crippen LogP contribution in [0.15, 0.2) is 60.8 Å². The summed E-state index contributed by atoms with van der Waals surface area (Å²) in [6.07, 6.45) is 1.55. The van der Waals surface area contributed by atoms with Gasteiger partial charge in [0.15, 0.2) is 5.69 Å². The molecule has 0 bridgehead atoms. The van der Waals surface area contributed by atoms with Crippen molar-refractivity contribution in [3.05, 3.63) is 77.1 Å². The lowest BCUT2D eigenvalue weighted by Crippen LogP contribution is -2.47. The Morgan fingerprint density at radius 1 is 0.964 bits per heavy atom. The molecule has 3 aromatic rings. The summed E-state index contributed by atoms with van der Waals surface area (Å²) in [4.78, 5) is 18.8. The predicted molar refractivity (Wildman–Crippen MR) is 110 cm³/mol. The second-order valence-corrected chi connectivity index (χ2v) is 7.27. The van der Waals surface area contributed by atoms with Crippen LogP contribution < -0.4 is 4.90 Å². The molecule has 1 fully saturated rings. The predicted octanol–water partition coefficient (Wildman–Crippen LogP) is 2.98. The largest absolute Gasteiger partial charge is 0.369 e. The highest BCUT2D eigenvalue weighted by Crippen LogP contribution is 2.20. The molecule has 1 aromatic heterocycles. The van der Waals surface area contributed by atoms with Crippen LogP contribution >= 0.6 is 11.6 Å². The van der Waals surface area contributed by atoms with Gasteiger partial charge < -0.3 is 4.90 Å². The van der Waals surface area contributed by atoms with Gasteiger partial charge in [-0.05, 0) is 18.2 Å². The topological polar surface area (TPSA) is 54.3 Å². The van der Waals surface area contributed by atoms with Gasteiger partial charge in [0.25, 0.3) is 0 Å². The summed E-state index contributed by atoms with van der Waals surface area (Å²) in [5, 5.41) is 9.37. The molecule has 1 saturated heterocycles. The maximum absolute atomic E-state index is 12.4. The molecule has 0 spiro atoms. The third kappa shape index (κ3) is 4.40. The molecule has 4 rings (SSSR count).